The zero-order valence-electron chi connectivity index (χ0n) is 18.7. The van der Waals surface area contributed by atoms with Crippen molar-refractivity contribution in [2.45, 2.75) is 39.2 Å². The van der Waals surface area contributed by atoms with Gasteiger partial charge in [0.25, 0.3) is 0 Å². The van der Waals surface area contributed by atoms with Gasteiger partial charge in [-0.25, -0.2) is 9.59 Å². The van der Waals surface area contributed by atoms with Gasteiger partial charge in [0.2, 0.25) is 0 Å². The Kier molecular flexibility index (Phi) is 10.2. The average Bonchev–Trinajstić information content (AvgIpc) is 2.68. The van der Waals surface area contributed by atoms with Gasteiger partial charge in [-0.05, 0) is 39.3 Å². The molecule has 0 saturated carbocycles. The van der Waals surface area contributed by atoms with Crippen LogP contribution in [0.2, 0.25) is 10.0 Å². The summed E-state index contributed by atoms with van der Waals surface area (Å²) < 4.78 is 15.9. The number of benzene rings is 1. The third kappa shape index (κ3) is 6.46. The maximum Gasteiger partial charge on any atom is 0.336 e. The van der Waals surface area contributed by atoms with Crippen LogP contribution in [0.5, 0.6) is 0 Å². The highest BCUT2D eigenvalue weighted by Gasteiger charge is 2.40. The maximum absolute atomic E-state index is 13.0. The molecular formula is C22H29Cl2NO7. The molecule has 0 bridgehead atoms. The Hall–Kier alpha value is -2.10. The molecule has 0 saturated heterocycles. The highest BCUT2D eigenvalue weighted by Crippen LogP contribution is 2.43. The highest BCUT2D eigenvalue weighted by atomic mass is 35.5. The number of aliphatic hydroxyl groups is 1. The van der Waals surface area contributed by atoms with Crippen LogP contribution in [0.3, 0.4) is 0 Å². The lowest BCUT2D eigenvalue weighted by Crippen LogP contribution is -2.35. The summed E-state index contributed by atoms with van der Waals surface area (Å²) in [6.45, 7) is 6.72. The minimum absolute atomic E-state index is 0. The lowest BCUT2D eigenvalue weighted by atomic mass is 9.80. The van der Waals surface area contributed by atoms with Crippen LogP contribution in [0.4, 0.5) is 0 Å². The summed E-state index contributed by atoms with van der Waals surface area (Å²) >= 11 is 12.7. The average molecular weight is 490 g/mol. The van der Waals surface area contributed by atoms with E-state index in [9.17, 15) is 14.7 Å². The molecule has 1 aromatic rings. The van der Waals surface area contributed by atoms with Gasteiger partial charge in [-0.3, -0.25) is 0 Å². The van der Waals surface area contributed by atoms with Crippen molar-refractivity contribution in [3.8, 4) is 0 Å². The Bertz CT molecular complexity index is 919. The zero-order valence-corrected chi connectivity index (χ0v) is 20.2. The number of hydrogen-bond acceptors (Lipinski definition) is 7. The number of halogens is 2. The van der Waals surface area contributed by atoms with E-state index in [1.165, 1.54) is 7.11 Å². The molecular weight excluding hydrogens is 461 g/mol. The molecule has 1 atom stereocenters. The Morgan fingerprint density at radius 1 is 1.19 bits per heavy atom. The van der Waals surface area contributed by atoms with Crippen LogP contribution in [-0.2, 0) is 23.8 Å². The largest absolute Gasteiger partial charge is 0.466 e. The minimum atomic E-state index is -1.06. The van der Waals surface area contributed by atoms with Crippen LogP contribution in [0.25, 0.3) is 0 Å². The van der Waals surface area contributed by atoms with E-state index in [1.54, 1.807) is 45.9 Å². The molecule has 1 unspecified atom stereocenters. The molecule has 0 fully saturated rings. The molecule has 32 heavy (non-hydrogen) atoms. The molecule has 4 N–H and O–H groups in total. The Morgan fingerprint density at radius 3 is 2.41 bits per heavy atom. The SMILES string of the molecule is CCOC(=O)C1=C(COCC(C)(C)O)NC(C)=C(C(=O)OC)C1c1cccc(Cl)c1Cl.O. The molecule has 1 aromatic carbocycles. The third-order valence-electron chi connectivity index (χ3n) is 4.54. The van der Waals surface area contributed by atoms with Gasteiger partial charge in [0.15, 0.2) is 0 Å². The van der Waals surface area contributed by atoms with Gasteiger partial charge in [0.05, 0.1) is 65.3 Å². The van der Waals surface area contributed by atoms with E-state index in [4.69, 9.17) is 37.4 Å². The van der Waals surface area contributed by atoms with Crippen molar-refractivity contribution < 1.29 is 34.4 Å². The second-order valence-electron chi connectivity index (χ2n) is 7.65. The molecule has 0 amide bonds. The number of carbonyl (C=O) groups excluding carboxylic acids is 2. The quantitative estimate of drug-likeness (QED) is 0.537. The third-order valence-corrected chi connectivity index (χ3v) is 5.37. The molecule has 1 aliphatic rings. The molecule has 178 valence electrons. The summed E-state index contributed by atoms with van der Waals surface area (Å²) in [5.74, 6) is -2.14. The zero-order chi connectivity index (χ0) is 23.3. The summed E-state index contributed by atoms with van der Waals surface area (Å²) in [5, 5.41) is 13.5. The van der Waals surface area contributed by atoms with Gasteiger partial charge in [-0.15, -0.1) is 0 Å². The van der Waals surface area contributed by atoms with E-state index in [2.05, 4.69) is 5.32 Å². The molecule has 8 nitrogen and oxygen atoms in total. The van der Waals surface area contributed by atoms with E-state index in [0.29, 0.717) is 17.0 Å². The first-order valence-electron chi connectivity index (χ1n) is 9.72. The first kappa shape index (κ1) is 27.9. The van der Waals surface area contributed by atoms with Crippen LogP contribution in [-0.4, -0.2) is 55.1 Å². The summed E-state index contributed by atoms with van der Waals surface area (Å²) in [5.41, 5.74) is 0.640. The molecule has 0 aromatic heterocycles. The van der Waals surface area contributed by atoms with Crippen molar-refractivity contribution in [1.29, 1.82) is 0 Å². The Labute approximate surface area is 197 Å². The van der Waals surface area contributed by atoms with Gasteiger partial charge in [0, 0.05) is 5.70 Å². The minimum Gasteiger partial charge on any atom is -0.466 e. The second kappa shape index (κ2) is 11.7. The van der Waals surface area contributed by atoms with Crippen LogP contribution >= 0.6 is 23.2 Å². The number of nitrogens with one attached hydrogen (secondary N) is 1. The number of carbonyl (C=O) groups is 2. The van der Waals surface area contributed by atoms with Gasteiger partial charge >= 0.3 is 11.9 Å². The van der Waals surface area contributed by atoms with Crippen molar-refractivity contribution in [2.24, 2.45) is 0 Å². The van der Waals surface area contributed by atoms with Crippen molar-refractivity contribution >= 4 is 35.1 Å². The smallest absolute Gasteiger partial charge is 0.336 e. The molecule has 0 radical (unpaired) electrons. The number of ether oxygens (including phenoxy) is 3. The fourth-order valence-electron chi connectivity index (χ4n) is 3.30. The molecule has 1 heterocycles. The first-order chi connectivity index (χ1) is 14.5. The standard InChI is InChI=1S/C22H27Cl2NO6.H2O/c1-6-31-21(27)18-15(10-30-11-22(3,4)28)25-12(2)16(20(26)29-5)17(18)13-8-7-9-14(23)19(13)24;/h7-9,17,25,28H,6,10-11H2,1-5H3;1H2. The van der Waals surface area contributed by atoms with Crippen molar-refractivity contribution in [2.75, 3.05) is 26.9 Å². The molecule has 2 rings (SSSR count). The fraction of sp³-hybridized carbons (Fsp3) is 0.455. The molecule has 1 aliphatic heterocycles. The van der Waals surface area contributed by atoms with Crippen LogP contribution in [0.1, 0.15) is 39.2 Å². The highest BCUT2D eigenvalue weighted by molar-refractivity contribution is 6.42. The lowest BCUT2D eigenvalue weighted by Gasteiger charge is -2.32. The van der Waals surface area contributed by atoms with Gasteiger partial charge < -0.3 is 30.1 Å². The topological polar surface area (TPSA) is 126 Å². The van der Waals surface area contributed by atoms with Crippen LogP contribution in [0.15, 0.2) is 40.7 Å². The van der Waals surface area contributed by atoms with E-state index in [-0.39, 0.29) is 46.5 Å². The normalized spacial score (nSPS) is 16.3. The summed E-state index contributed by atoms with van der Waals surface area (Å²) in [4.78, 5) is 25.7. The van der Waals surface area contributed by atoms with Gasteiger partial charge in [-0.2, -0.15) is 0 Å². The maximum atomic E-state index is 13.0. The van der Waals surface area contributed by atoms with E-state index in [1.807, 2.05) is 0 Å². The summed E-state index contributed by atoms with van der Waals surface area (Å²) in [7, 11) is 1.26. The second-order valence-corrected chi connectivity index (χ2v) is 8.43. The first-order valence-corrected chi connectivity index (χ1v) is 10.5. The van der Waals surface area contributed by atoms with Crippen molar-refractivity contribution in [3.63, 3.8) is 0 Å². The predicted molar refractivity (Wildman–Crippen MR) is 121 cm³/mol. The number of esters is 2. The molecule has 0 spiro atoms. The van der Waals surface area contributed by atoms with Crippen molar-refractivity contribution in [1.82, 2.24) is 5.32 Å². The summed E-state index contributed by atoms with van der Waals surface area (Å²) in [6, 6.07) is 4.99. The monoisotopic (exact) mass is 489 g/mol. The Balaban J connectivity index is 0.00000512. The number of methoxy groups -OCH3 is 1. The number of allylic oxidation sites excluding steroid dienone is 1. The van der Waals surface area contributed by atoms with E-state index in [0.717, 1.165) is 0 Å². The molecule has 10 heteroatoms. The van der Waals surface area contributed by atoms with Gasteiger partial charge in [-0.1, -0.05) is 35.3 Å². The van der Waals surface area contributed by atoms with E-state index < -0.39 is 23.5 Å². The lowest BCUT2D eigenvalue weighted by molar-refractivity contribution is -0.139. The van der Waals surface area contributed by atoms with Gasteiger partial charge in [0.1, 0.15) is 0 Å². The van der Waals surface area contributed by atoms with Crippen LogP contribution in [0, 0.1) is 0 Å². The summed E-state index contributed by atoms with van der Waals surface area (Å²) in [6.07, 6.45) is 0. The predicted octanol–water partition coefficient (Wildman–Crippen LogP) is 2.91. The number of rotatable bonds is 8. The molecule has 0 aliphatic carbocycles. The number of dihydropyridines is 1. The number of hydrogen-bond donors (Lipinski definition) is 2. The van der Waals surface area contributed by atoms with E-state index >= 15 is 0 Å². The van der Waals surface area contributed by atoms with Crippen LogP contribution < -0.4 is 5.32 Å². The fourth-order valence-corrected chi connectivity index (χ4v) is 3.71. The van der Waals surface area contributed by atoms with Crippen molar-refractivity contribution in [3.05, 3.63) is 56.3 Å². The Morgan fingerprint density at radius 2 is 1.84 bits per heavy atom.